The zero-order chi connectivity index (χ0) is 14.1. The van der Waals surface area contributed by atoms with Crippen LogP contribution in [0.15, 0.2) is 71.8 Å². The largest absolute Gasteiger partial charge is 0.0622 e. The van der Waals surface area contributed by atoms with Gasteiger partial charge >= 0.3 is 0 Å². The molecule has 1 aliphatic carbocycles. The molecule has 0 heteroatoms. The van der Waals surface area contributed by atoms with Crippen molar-refractivity contribution in [3.63, 3.8) is 0 Å². The average Bonchev–Trinajstić information content (AvgIpc) is 2.73. The molecule has 0 bridgehead atoms. The van der Waals surface area contributed by atoms with E-state index in [4.69, 9.17) is 0 Å². The van der Waals surface area contributed by atoms with Gasteiger partial charge in [-0.05, 0) is 42.0 Å². The third-order valence-corrected chi connectivity index (χ3v) is 4.46. The predicted octanol–water partition coefficient (Wildman–Crippen LogP) is 5.58. The van der Waals surface area contributed by atoms with Crippen LogP contribution in [0.2, 0.25) is 0 Å². The summed E-state index contributed by atoms with van der Waals surface area (Å²) in [6.07, 6.45) is 0. The molecule has 0 aliphatic heterocycles. The Morgan fingerprint density at radius 1 is 0.600 bits per heavy atom. The van der Waals surface area contributed by atoms with Gasteiger partial charge < -0.3 is 0 Å². The summed E-state index contributed by atoms with van der Waals surface area (Å²) in [4.78, 5) is 0. The second kappa shape index (κ2) is 5.13. The fourth-order valence-electron chi connectivity index (χ4n) is 3.11. The summed E-state index contributed by atoms with van der Waals surface area (Å²) in [7, 11) is 0. The maximum Gasteiger partial charge on any atom is -0.000809 e. The van der Waals surface area contributed by atoms with Gasteiger partial charge in [0.05, 0.1) is 0 Å². The molecule has 0 unspecified atom stereocenters. The number of benzene rings is 2. The zero-order valence-electron chi connectivity index (χ0n) is 12.4. The topological polar surface area (TPSA) is 0 Å². The molecule has 2 aromatic carbocycles. The Kier molecular flexibility index (Phi) is 3.31. The smallest absolute Gasteiger partial charge is 0.000809 e. The van der Waals surface area contributed by atoms with Gasteiger partial charge in [-0.15, -0.1) is 0 Å². The van der Waals surface area contributed by atoms with Crippen LogP contribution in [0.5, 0.6) is 0 Å². The molecule has 0 fully saturated rings. The maximum atomic E-state index is 2.31. The molecule has 0 N–H and O–H groups in total. The van der Waals surface area contributed by atoms with Gasteiger partial charge in [0.1, 0.15) is 0 Å². The lowest BCUT2D eigenvalue weighted by atomic mass is 9.92. The van der Waals surface area contributed by atoms with Crippen molar-refractivity contribution in [2.45, 2.75) is 20.8 Å². The average molecular weight is 260 g/mol. The number of allylic oxidation sites excluding steroid dienone is 4. The van der Waals surface area contributed by atoms with Crippen molar-refractivity contribution in [1.29, 1.82) is 0 Å². The normalized spacial score (nSPS) is 16.1. The lowest BCUT2D eigenvalue weighted by Crippen LogP contribution is -1.92. The van der Waals surface area contributed by atoms with Crippen LogP contribution < -0.4 is 0 Å². The highest BCUT2D eigenvalue weighted by molar-refractivity contribution is 6.10. The number of hydrogen-bond acceptors (Lipinski definition) is 0. The molecule has 0 nitrogen and oxygen atoms in total. The van der Waals surface area contributed by atoms with Crippen LogP contribution in [0.1, 0.15) is 31.9 Å². The Labute approximate surface area is 121 Å². The van der Waals surface area contributed by atoms with Crippen molar-refractivity contribution in [3.8, 4) is 0 Å². The summed E-state index contributed by atoms with van der Waals surface area (Å²) >= 11 is 0. The third kappa shape index (κ3) is 2.02. The summed E-state index contributed by atoms with van der Waals surface area (Å²) in [5.41, 5.74) is 8.45. The summed E-state index contributed by atoms with van der Waals surface area (Å²) in [6, 6.07) is 21.5. The lowest BCUT2D eigenvalue weighted by Gasteiger charge is -2.12. The van der Waals surface area contributed by atoms with Crippen molar-refractivity contribution in [2.75, 3.05) is 0 Å². The fourth-order valence-corrected chi connectivity index (χ4v) is 3.11. The van der Waals surface area contributed by atoms with Crippen molar-refractivity contribution in [2.24, 2.45) is 5.92 Å². The van der Waals surface area contributed by atoms with Crippen LogP contribution in [0.4, 0.5) is 0 Å². The molecular weight excluding hydrogens is 240 g/mol. The second-order valence-corrected chi connectivity index (χ2v) is 5.57. The van der Waals surface area contributed by atoms with E-state index in [0.717, 1.165) is 0 Å². The predicted molar refractivity (Wildman–Crippen MR) is 87.2 cm³/mol. The molecule has 3 rings (SSSR count). The van der Waals surface area contributed by atoms with E-state index in [2.05, 4.69) is 81.4 Å². The first-order valence-electron chi connectivity index (χ1n) is 7.23. The minimum atomic E-state index is 0.528. The summed E-state index contributed by atoms with van der Waals surface area (Å²) in [5, 5.41) is 0. The fraction of sp³-hybridized carbons (Fsp3) is 0.200. The van der Waals surface area contributed by atoms with Crippen LogP contribution >= 0.6 is 0 Å². The minimum absolute atomic E-state index is 0.528. The third-order valence-electron chi connectivity index (χ3n) is 4.46. The maximum absolute atomic E-state index is 2.31. The first-order valence-corrected chi connectivity index (χ1v) is 7.23. The summed E-state index contributed by atoms with van der Waals surface area (Å²) in [6.45, 7) is 6.85. The standard InChI is InChI=1S/C20H20/c1-14-15(2)19(17-10-6-4-7-11-17)20(16(14)3)18-12-8-5-9-13-18/h4-14H,1-3H3. The highest BCUT2D eigenvalue weighted by atomic mass is 14.3. The molecule has 0 spiro atoms. The highest BCUT2D eigenvalue weighted by Crippen LogP contribution is 2.46. The Hall–Kier alpha value is -2.08. The first kappa shape index (κ1) is 12.9. The SMILES string of the molecule is CC1=C(c2ccccc2)C(c2ccccc2)=C(C)C1C. The van der Waals surface area contributed by atoms with Crippen LogP contribution in [-0.2, 0) is 0 Å². The summed E-state index contributed by atoms with van der Waals surface area (Å²) < 4.78 is 0. The van der Waals surface area contributed by atoms with Crippen molar-refractivity contribution in [3.05, 3.63) is 82.9 Å². The molecule has 0 amide bonds. The van der Waals surface area contributed by atoms with Gasteiger partial charge in [0.2, 0.25) is 0 Å². The van der Waals surface area contributed by atoms with E-state index in [0.29, 0.717) is 5.92 Å². The van der Waals surface area contributed by atoms with Crippen LogP contribution in [-0.4, -0.2) is 0 Å². The minimum Gasteiger partial charge on any atom is -0.0622 e. The Morgan fingerprint density at radius 3 is 1.30 bits per heavy atom. The Morgan fingerprint density at radius 2 is 0.950 bits per heavy atom. The van der Waals surface area contributed by atoms with Crippen molar-refractivity contribution >= 4 is 11.1 Å². The van der Waals surface area contributed by atoms with Gasteiger partial charge in [0.15, 0.2) is 0 Å². The number of rotatable bonds is 2. The summed E-state index contributed by atoms with van der Waals surface area (Å²) in [5.74, 6) is 0.528. The molecule has 0 heterocycles. The molecule has 0 aromatic heterocycles. The highest BCUT2D eigenvalue weighted by Gasteiger charge is 2.27. The molecular formula is C20H20. The van der Waals surface area contributed by atoms with Crippen LogP contribution in [0.3, 0.4) is 0 Å². The Bertz CT molecular complexity index is 611. The van der Waals surface area contributed by atoms with Crippen LogP contribution in [0.25, 0.3) is 11.1 Å². The van der Waals surface area contributed by atoms with E-state index in [1.807, 2.05) is 0 Å². The van der Waals surface area contributed by atoms with E-state index in [-0.39, 0.29) is 0 Å². The molecule has 0 radical (unpaired) electrons. The quantitative estimate of drug-likeness (QED) is 0.661. The monoisotopic (exact) mass is 260 g/mol. The van der Waals surface area contributed by atoms with Crippen molar-refractivity contribution < 1.29 is 0 Å². The second-order valence-electron chi connectivity index (χ2n) is 5.57. The molecule has 100 valence electrons. The van der Waals surface area contributed by atoms with Gasteiger partial charge in [-0.25, -0.2) is 0 Å². The number of hydrogen-bond donors (Lipinski definition) is 0. The zero-order valence-corrected chi connectivity index (χ0v) is 12.4. The first-order chi connectivity index (χ1) is 9.70. The lowest BCUT2D eigenvalue weighted by molar-refractivity contribution is 0.824. The van der Waals surface area contributed by atoms with E-state index >= 15 is 0 Å². The van der Waals surface area contributed by atoms with E-state index < -0.39 is 0 Å². The molecule has 0 atom stereocenters. The van der Waals surface area contributed by atoms with E-state index in [1.54, 1.807) is 0 Å². The van der Waals surface area contributed by atoms with Gasteiger partial charge in [0, 0.05) is 0 Å². The molecule has 2 aromatic rings. The molecule has 1 aliphatic rings. The van der Waals surface area contributed by atoms with Gasteiger partial charge in [-0.1, -0.05) is 78.7 Å². The molecule has 20 heavy (non-hydrogen) atoms. The van der Waals surface area contributed by atoms with Gasteiger partial charge in [-0.3, -0.25) is 0 Å². The van der Waals surface area contributed by atoms with E-state index in [1.165, 1.54) is 33.4 Å². The van der Waals surface area contributed by atoms with Gasteiger partial charge in [0.25, 0.3) is 0 Å². The van der Waals surface area contributed by atoms with E-state index in [9.17, 15) is 0 Å². The van der Waals surface area contributed by atoms with Crippen molar-refractivity contribution in [1.82, 2.24) is 0 Å². The Balaban J connectivity index is 2.21. The van der Waals surface area contributed by atoms with Gasteiger partial charge in [-0.2, -0.15) is 0 Å². The molecule has 0 saturated heterocycles. The molecule has 0 saturated carbocycles. The van der Waals surface area contributed by atoms with Crippen LogP contribution in [0, 0.1) is 5.92 Å².